The first-order valence-electron chi connectivity index (χ1n) is 5.27. The summed E-state index contributed by atoms with van der Waals surface area (Å²) >= 11 is 0. The van der Waals surface area contributed by atoms with E-state index in [1.807, 2.05) is 0 Å². The van der Waals surface area contributed by atoms with Crippen molar-refractivity contribution in [1.29, 1.82) is 0 Å². The van der Waals surface area contributed by atoms with Crippen molar-refractivity contribution in [3.8, 4) is 0 Å². The largest absolute Gasteiger partial charge is 0.698 e. The third-order valence-electron chi connectivity index (χ3n) is 3.03. The fourth-order valence-electron chi connectivity index (χ4n) is 1.03. The monoisotopic (exact) mass is 308 g/mol. The van der Waals surface area contributed by atoms with Crippen molar-refractivity contribution in [2.24, 2.45) is 0 Å². The molecule has 3 N–H and O–H groups in total. The van der Waals surface area contributed by atoms with Crippen molar-refractivity contribution in [1.82, 2.24) is 0 Å². The molecule has 0 aromatic heterocycles. The van der Waals surface area contributed by atoms with Gasteiger partial charge in [0.05, 0.1) is 0 Å². The summed E-state index contributed by atoms with van der Waals surface area (Å²) in [5, 5.41) is -0.817. The van der Waals surface area contributed by atoms with Gasteiger partial charge in [-0.15, -0.1) is 0 Å². The second kappa shape index (κ2) is 5.57. The second-order valence-electron chi connectivity index (χ2n) is 5.25. The standard InChI is InChI=1S/C8H19F3O5Si2/c1-7(2,5-6-8(9,10)11)17(3,4)15-16-18(12,13)14/h12-14H,5-6H2,1-4H3. The molecule has 0 aliphatic carbocycles. The minimum atomic E-state index is -4.82. The molecular weight excluding hydrogens is 289 g/mol. The Morgan fingerprint density at radius 1 is 0.944 bits per heavy atom. The molecule has 0 amide bonds. The van der Waals surface area contributed by atoms with Gasteiger partial charge in [0.25, 0.3) is 0 Å². The van der Waals surface area contributed by atoms with Crippen LogP contribution in [0, 0.1) is 0 Å². The number of alkyl halides is 3. The average molecular weight is 308 g/mol. The third-order valence-corrected chi connectivity index (χ3v) is 7.51. The van der Waals surface area contributed by atoms with Gasteiger partial charge >= 0.3 is 15.2 Å². The van der Waals surface area contributed by atoms with Crippen LogP contribution in [0.4, 0.5) is 13.2 Å². The molecule has 10 heteroatoms. The van der Waals surface area contributed by atoms with Gasteiger partial charge in [-0.05, 0) is 24.6 Å². The van der Waals surface area contributed by atoms with Crippen LogP contribution >= 0.6 is 0 Å². The number of hydrogen-bond donors (Lipinski definition) is 3. The van der Waals surface area contributed by atoms with Crippen LogP contribution < -0.4 is 0 Å². The second-order valence-corrected chi connectivity index (χ2v) is 11.1. The Labute approximate surface area is 106 Å². The Morgan fingerprint density at radius 3 is 1.72 bits per heavy atom. The molecule has 18 heavy (non-hydrogen) atoms. The summed E-state index contributed by atoms with van der Waals surface area (Å²) in [6, 6.07) is 0. The molecule has 0 heterocycles. The van der Waals surface area contributed by atoms with E-state index in [4.69, 9.17) is 19.0 Å². The van der Waals surface area contributed by atoms with Gasteiger partial charge in [-0.2, -0.15) is 13.2 Å². The molecule has 0 rings (SSSR count). The maximum Gasteiger partial charge on any atom is 0.698 e. The van der Waals surface area contributed by atoms with Gasteiger partial charge in [0.15, 0.2) is 0 Å². The topological polar surface area (TPSA) is 79.2 Å². The van der Waals surface area contributed by atoms with Gasteiger partial charge in [-0.25, -0.2) is 4.58 Å². The van der Waals surface area contributed by atoms with Crippen LogP contribution in [0.25, 0.3) is 0 Å². The third kappa shape index (κ3) is 6.82. The van der Waals surface area contributed by atoms with Crippen LogP contribution in [-0.2, 0) is 9.15 Å². The lowest BCUT2D eigenvalue weighted by Crippen LogP contribution is -2.48. The number of hydrogen-bond acceptors (Lipinski definition) is 5. The lowest BCUT2D eigenvalue weighted by atomic mass is 10.1. The molecule has 0 aliphatic heterocycles. The Morgan fingerprint density at radius 2 is 1.39 bits per heavy atom. The van der Waals surface area contributed by atoms with E-state index in [0.29, 0.717) is 0 Å². The summed E-state index contributed by atoms with van der Waals surface area (Å²) in [6.45, 7) is 6.32. The lowest BCUT2D eigenvalue weighted by Gasteiger charge is -2.38. The van der Waals surface area contributed by atoms with Crippen molar-refractivity contribution in [3.63, 3.8) is 0 Å². The zero-order valence-corrected chi connectivity index (χ0v) is 12.7. The van der Waals surface area contributed by atoms with Gasteiger partial charge in [-0.1, -0.05) is 13.8 Å². The van der Waals surface area contributed by atoms with Crippen molar-refractivity contribution in [2.75, 3.05) is 0 Å². The van der Waals surface area contributed by atoms with E-state index < -0.39 is 35.0 Å². The molecule has 0 aromatic carbocycles. The summed E-state index contributed by atoms with van der Waals surface area (Å²) in [5.74, 6) is 0. The summed E-state index contributed by atoms with van der Waals surface area (Å²) in [4.78, 5) is 26.0. The minimum Gasteiger partial charge on any atom is -0.366 e. The molecule has 0 fully saturated rings. The highest BCUT2D eigenvalue weighted by atomic mass is 28.4. The van der Waals surface area contributed by atoms with E-state index in [1.165, 1.54) is 0 Å². The summed E-state index contributed by atoms with van der Waals surface area (Å²) in [6.07, 6.45) is -5.39. The number of halogens is 3. The van der Waals surface area contributed by atoms with Gasteiger partial charge in [-0.3, -0.25) is 4.58 Å². The molecule has 0 saturated carbocycles. The van der Waals surface area contributed by atoms with E-state index in [0.717, 1.165) is 0 Å². The molecular formula is C8H19F3O5Si2. The van der Waals surface area contributed by atoms with Crippen LogP contribution in [0.3, 0.4) is 0 Å². The smallest absolute Gasteiger partial charge is 0.366 e. The molecule has 0 radical (unpaired) electrons. The van der Waals surface area contributed by atoms with Crippen molar-refractivity contribution < 1.29 is 36.7 Å². The molecule has 0 aliphatic rings. The number of rotatable bonds is 6. The Kier molecular flexibility index (Phi) is 5.57. The van der Waals surface area contributed by atoms with Gasteiger partial charge < -0.3 is 14.4 Å². The van der Waals surface area contributed by atoms with E-state index >= 15 is 0 Å². The Bertz CT molecular complexity index is 247. The highest BCUT2D eigenvalue weighted by molar-refractivity contribution is 6.74. The van der Waals surface area contributed by atoms with Crippen molar-refractivity contribution in [2.45, 2.75) is 51.0 Å². The molecule has 0 bridgehead atoms. The summed E-state index contributed by atoms with van der Waals surface area (Å²) in [7, 11) is -7.62. The molecule has 0 atom stereocenters. The van der Waals surface area contributed by atoms with Gasteiger partial charge in [0, 0.05) is 6.42 Å². The molecule has 0 saturated heterocycles. The minimum absolute atomic E-state index is 0.171. The zero-order valence-electron chi connectivity index (χ0n) is 10.7. The van der Waals surface area contributed by atoms with Crippen molar-refractivity contribution >= 4 is 17.4 Å². The highest BCUT2D eigenvalue weighted by Gasteiger charge is 2.47. The Hall–Kier alpha value is 0.0238. The molecule has 0 aromatic rings. The van der Waals surface area contributed by atoms with E-state index in [9.17, 15) is 13.2 Å². The van der Waals surface area contributed by atoms with Crippen LogP contribution in [0.5, 0.6) is 0 Å². The maximum atomic E-state index is 12.2. The SMILES string of the molecule is CC(C)(CCC(F)(F)F)[Si](C)(C)OO[Si](O)(O)O. The van der Waals surface area contributed by atoms with Gasteiger partial charge in [0.1, 0.15) is 0 Å². The van der Waals surface area contributed by atoms with Gasteiger partial charge in [0.2, 0.25) is 8.32 Å². The summed E-state index contributed by atoms with van der Waals surface area (Å²) < 4.78 is 45.4. The fourth-order valence-corrected chi connectivity index (χ4v) is 3.26. The van der Waals surface area contributed by atoms with Crippen LogP contribution in [0.2, 0.25) is 18.1 Å². The van der Waals surface area contributed by atoms with E-state index in [2.05, 4.69) is 4.58 Å². The van der Waals surface area contributed by atoms with E-state index in [-0.39, 0.29) is 6.42 Å². The highest BCUT2D eigenvalue weighted by Crippen LogP contribution is 2.44. The van der Waals surface area contributed by atoms with Crippen LogP contribution in [0.1, 0.15) is 26.7 Å². The molecule has 5 nitrogen and oxygen atoms in total. The predicted molar refractivity (Wildman–Crippen MR) is 61.4 cm³/mol. The molecule has 0 unspecified atom stereocenters. The normalized spacial score (nSPS) is 15.0. The maximum absolute atomic E-state index is 12.2. The Balaban J connectivity index is 4.55. The van der Waals surface area contributed by atoms with Crippen LogP contribution in [0.15, 0.2) is 0 Å². The summed E-state index contributed by atoms with van der Waals surface area (Å²) in [5.41, 5.74) is 0. The molecule has 0 spiro atoms. The first kappa shape index (κ1) is 18.0. The first-order chi connectivity index (χ1) is 7.66. The quantitative estimate of drug-likeness (QED) is 0.395. The van der Waals surface area contributed by atoms with E-state index in [1.54, 1.807) is 26.9 Å². The van der Waals surface area contributed by atoms with Crippen LogP contribution in [-0.4, -0.2) is 37.9 Å². The zero-order chi connectivity index (χ0) is 14.8. The van der Waals surface area contributed by atoms with Crippen molar-refractivity contribution in [3.05, 3.63) is 0 Å². The first-order valence-corrected chi connectivity index (χ1v) is 9.93. The predicted octanol–water partition coefficient (Wildman–Crippen LogP) is 1.67. The lowest BCUT2D eigenvalue weighted by molar-refractivity contribution is -0.191. The average Bonchev–Trinajstić information content (AvgIpc) is 2.10. The fraction of sp³-hybridized carbons (Fsp3) is 1.00. The molecule has 110 valence electrons.